The molecule has 41 heavy (non-hydrogen) atoms. The number of amides is 4. The smallest absolute Gasteiger partial charge is 0.245 e. The number of aromatic nitrogens is 1. The van der Waals surface area contributed by atoms with E-state index >= 15 is 0 Å². The van der Waals surface area contributed by atoms with Crippen molar-refractivity contribution in [1.29, 1.82) is 5.26 Å². The number of carbonyl (C=O) groups excluding carboxylic acids is 4. The molecule has 0 saturated carbocycles. The van der Waals surface area contributed by atoms with E-state index in [1.54, 1.807) is 24.6 Å². The van der Waals surface area contributed by atoms with Gasteiger partial charge in [-0.15, -0.1) is 0 Å². The number of carbonyl (C=O) groups is 4. The Bertz CT molecular complexity index is 1270. The molecule has 3 atom stereocenters. The molecule has 3 rings (SSSR count). The van der Waals surface area contributed by atoms with Gasteiger partial charge in [-0.2, -0.15) is 5.26 Å². The van der Waals surface area contributed by atoms with E-state index in [9.17, 15) is 24.4 Å². The van der Waals surface area contributed by atoms with Gasteiger partial charge in [-0.1, -0.05) is 44.2 Å². The zero-order valence-electron chi connectivity index (χ0n) is 24.5. The number of rotatable bonds is 6. The Morgan fingerprint density at radius 3 is 2.34 bits per heavy atom. The van der Waals surface area contributed by atoms with Crippen molar-refractivity contribution in [1.82, 2.24) is 30.3 Å². The quantitative estimate of drug-likeness (QED) is 0.478. The van der Waals surface area contributed by atoms with Crippen molar-refractivity contribution in [2.45, 2.75) is 58.3 Å². The molecule has 3 N–H and O–H groups in total. The van der Waals surface area contributed by atoms with E-state index in [0.29, 0.717) is 25.2 Å². The molecule has 220 valence electrons. The molecule has 0 unspecified atom stereocenters. The maximum absolute atomic E-state index is 13.5. The predicted octanol–water partition coefficient (Wildman–Crippen LogP) is 0.934. The number of aryl methyl sites for hydroxylation is 1. The number of nitriles is 1. The van der Waals surface area contributed by atoms with Crippen molar-refractivity contribution in [2.75, 3.05) is 26.7 Å². The molecule has 0 radical (unpaired) electrons. The minimum Gasteiger partial charge on any atom is -0.353 e. The molecule has 2 aromatic rings. The highest BCUT2D eigenvalue weighted by Gasteiger charge is 2.32. The summed E-state index contributed by atoms with van der Waals surface area (Å²) in [5, 5.41) is 18.0. The Kier molecular flexibility index (Phi) is 11.1. The van der Waals surface area contributed by atoms with Gasteiger partial charge in [0.05, 0.1) is 6.54 Å². The van der Waals surface area contributed by atoms with Crippen LogP contribution in [0.3, 0.4) is 0 Å². The molecule has 0 aliphatic carbocycles. The molecular formula is C30H41N7O4. The predicted molar refractivity (Wildman–Crippen MR) is 154 cm³/mol. The first kappa shape index (κ1) is 31.4. The van der Waals surface area contributed by atoms with Gasteiger partial charge in [0.25, 0.3) is 0 Å². The van der Waals surface area contributed by atoms with Gasteiger partial charge in [0, 0.05) is 46.3 Å². The maximum Gasteiger partial charge on any atom is 0.245 e. The first-order chi connectivity index (χ1) is 19.5. The second-order valence-electron chi connectivity index (χ2n) is 11.1. The molecule has 2 heterocycles. The Labute approximate surface area is 241 Å². The van der Waals surface area contributed by atoms with Crippen molar-refractivity contribution >= 4 is 23.6 Å². The van der Waals surface area contributed by atoms with Crippen LogP contribution in [0.5, 0.6) is 0 Å². The summed E-state index contributed by atoms with van der Waals surface area (Å²) in [5.41, 5.74) is 2.22. The highest BCUT2D eigenvalue weighted by Crippen LogP contribution is 2.13. The molecule has 1 saturated heterocycles. The molecular weight excluding hydrogens is 522 g/mol. The maximum atomic E-state index is 13.5. The number of nitrogens with zero attached hydrogens (tertiary/aromatic N) is 4. The van der Waals surface area contributed by atoms with Gasteiger partial charge in [-0.3, -0.25) is 24.1 Å². The highest BCUT2D eigenvalue weighted by molar-refractivity contribution is 5.94. The number of nitrogens with one attached hydrogen (secondary N) is 3. The fourth-order valence-corrected chi connectivity index (χ4v) is 4.86. The molecule has 4 amide bonds. The van der Waals surface area contributed by atoms with E-state index < -0.39 is 24.0 Å². The first-order valence-electron chi connectivity index (χ1n) is 13.9. The summed E-state index contributed by atoms with van der Waals surface area (Å²) in [6.07, 6.45) is 2.52. The number of likely N-dealkylation sites (N-methyl/N-ethyl adjacent to an activating group) is 1. The average Bonchev–Trinajstić information content (AvgIpc) is 3.29. The molecule has 1 fully saturated rings. The van der Waals surface area contributed by atoms with Gasteiger partial charge in [0.2, 0.25) is 23.6 Å². The van der Waals surface area contributed by atoms with Crippen LogP contribution in [0.25, 0.3) is 0 Å². The van der Waals surface area contributed by atoms with Gasteiger partial charge in [-0.25, -0.2) is 0 Å². The fourth-order valence-electron chi connectivity index (χ4n) is 4.86. The Balaban J connectivity index is 1.90. The Hall–Kier alpha value is -4.17. The summed E-state index contributed by atoms with van der Waals surface area (Å²) in [7, 11) is 3.31. The van der Waals surface area contributed by atoms with Crippen LogP contribution in [-0.2, 0) is 39.2 Å². The third-order valence-electron chi connectivity index (χ3n) is 7.24. The highest BCUT2D eigenvalue weighted by atomic mass is 16.2. The lowest BCUT2D eigenvalue weighted by Gasteiger charge is -2.30. The van der Waals surface area contributed by atoms with E-state index in [4.69, 9.17) is 0 Å². The Morgan fingerprint density at radius 2 is 1.71 bits per heavy atom. The van der Waals surface area contributed by atoms with Crippen LogP contribution in [0.15, 0.2) is 42.6 Å². The van der Waals surface area contributed by atoms with Gasteiger partial charge >= 0.3 is 0 Å². The molecule has 11 nitrogen and oxygen atoms in total. The summed E-state index contributed by atoms with van der Waals surface area (Å²) in [6.45, 7) is 6.45. The van der Waals surface area contributed by atoms with Crippen LogP contribution < -0.4 is 16.0 Å². The van der Waals surface area contributed by atoms with Crippen molar-refractivity contribution < 1.29 is 19.2 Å². The minimum atomic E-state index is -0.867. The van der Waals surface area contributed by atoms with Crippen LogP contribution in [-0.4, -0.2) is 82.8 Å². The average molecular weight is 564 g/mol. The SMILES string of the molecule is CC(C)C[C@@H]1NC(=O)CN(Cc2cc(C#N)n(C)c2)CCNC(=O)[C@H](Cc2ccccc2)NC(=O)[C@H](C)N(C)C1=O. The van der Waals surface area contributed by atoms with Gasteiger partial charge in [0.1, 0.15) is 29.9 Å². The first-order valence-corrected chi connectivity index (χ1v) is 13.9. The third-order valence-corrected chi connectivity index (χ3v) is 7.24. The zero-order chi connectivity index (χ0) is 30.1. The summed E-state index contributed by atoms with van der Waals surface area (Å²) in [4.78, 5) is 56.5. The lowest BCUT2D eigenvalue weighted by Crippen LogP contribution is -2.56. The van der Waals surface area contributed by atoms with Crippen molar-refractivity contribution in [2.24, 2.45) is 13.0 Å². The summed E-state index contributed by atoms with van der Waals surface area (Å²) < 4.78 is 1.72. The minimum absolute atomic E-state index is 0.0155. The second kappa shape index (κ2) is 14.5. The van der Waals surface area contributed by atoms with Gasteiger partial charge < -0.3 is 25.4 Å². The fraction of sp³-hybridized carbons (Fsp3) is 0.500. The van der Waals surface area contributed by atoms with Crippen molar-refractivity contribution in [3.63, 3.8) is 0 Å². The number of hydrogen-bond acceptors (Lipinski definition) is 6. The summed E-state index contributed by atoms with van der Waals surface area (Å²) >= 11 is 0. The van der Waals surface area contributed by atoms with E-state index in [0.717, 1.165) is 11.1 Å². The largest absolute Gasteiger partial charge is 0.353 e. The van der Waals surface area contributed by atoms with Crippen LogP contribution in [0.2, 0.25) is 0 Å². The topological polar surface area (TPSA) is 140 Å². The van der Waals surface area contributed by atoms with E-state index in [-0.39, 0.29) is 43.1 Å². The van der Waals surface area contributed by atoms with Crippen LogP contribution in [0.1, 0.15) is 44.0 Å². The normalized spacial score (nSPS) is 21.9. The zero-order valence-corrected chi connectivity index (χ0v) is 24.5. The monoisotopic (exact) mass is 563 g/mol. The molecule has 11 heteroatoms. The number of hydrogen-bond donors (Lipinski definition) is 3. The van der Waals surface area contributed by atoms with E-state index in [1.807, 2.05) is 55.3 Å². The molecule has 1 aliphatic heterocycles. The van der Waals surface area contributed by atoms with Crippen LogP contribution >= 0.6 is 0 Å². The van der Waals surface area contributed by atoms with Crippen molar-refractivity contribution in [3.05, 3.63) is 59.4 Å². The van der Waals surface area contributed by atoms with Crippen LogP contribution in [0.4, 0.5) is 0 Å². The Morgan fingerprint density at radius 1 is 1.00 bits per heavy atom. The molecule has 1 aromatic carbocycles. The third kappa shape index (κ3) is 8.91. The lowest BCUT2D eigenvalue weighted by molar-refractivity contribution is -0.142. The molecule has 1 aromatic heterocycles. The van der Waals surface area contributed by atoms with E-state index in [2.05, 4.69) is 22.0 Å². The summed E-state index contributed by atoms with van der Waals surface area (Å²) in [5.74, 6) is -1.41. The van der Waals surface area contributed by atoms with Gasteiger partial charge in [-0.05, 0) is 36.5 Å². The standard InChI is InChI=1S/C30H41N7O4/c1-20(2)13-26-30(41)36(5)21(3)28(39)34-25(15-22-9-7-6-8-10-22)29(40)32-11-12-37(19-27(38)33-26)18-23-14-24(16-31)35(4)17-23/h6-10,14,17,20-21,25-26H,11-13,15,18-19H2,1-5H3,(H,32,40)(H,33,38)(H,34,39)/t21-,25-,26-/m0/s1. The lowest BCUT2D eigenvalue weighted by atomic mass is 10.0. The van der Waals surface area contributed by atoms with Gasteiger partial charge in [0.15, 0.2) is 0 Å². The number of benzene rings is 1. The molecule has 0 spiro atoms. The van der Waals surface area contributed by atoms with Crippen LogP contribution in [0, 0.1) is 17.2 Å². The molecule has 0 bridgehead atoms. The van der Waals surface area contributed by atoms with E-state index in [1.165, 1.54) is 11.9 Å². The van der Waals surface area contributed by atoms with Crippen molar-refractivity contribution in [3.8, 4) is 6.07 Å². The second-order valence-corrected chi connectivity index (χ2v) is 11.1. The summed E-state index contributed by atoms with van der Waals surface area (Å²) in [6, 6.07) is 10.8. The molecule has 1 aliphatic rings.